The molecular weight excluding hydrogens is 514 g/mol. The predicted molar refractivity (Wildman–Crippen MR) is 120 cm³/mol. The Labute approximate surface area is 210 Å². The van der Waals surface area contributed by atoms with Crippen molar-refractivity contribution in [3.8, 4) is 35.1 Å². The van der Waals surface area contributed by atoms with E-state index < -0.39 is 68.3 Å². The van der Waals surface area contributed by atoms with Crippen molar-refractivity contribution in [2.45, 2.75) is 12.4 Å². The third kappa shape index (κ3) is 5.67. The van der Waals surface area contributed by atoms with Gasteiger partial charge in [-0.3, -0.25) is 0 Å². The third-order valence-corrected chi connectivity index (χ3v) is 4.85. The second-order valence-corrected chi connectivity index (χ2v) is 7.18. The lowest BCUT2D eigenvalue weighted by molar-refractivity contribution is -0.139. The average molecular weight is 524 g/mol. The van der Waals surface area contributed by atoms with Crippen LogP contribution in [0.15, 0.2) is 60.7 Å². The van der Waals surface area contributed by atoms with Gasteiger partial charge in [0, 0.05) is 10.4 Å². The van der Waals surface area contributed by atoms with Crippen molar-refractivity contribution in [2.75, 3.05) is 0 Å². The Kier molecular flexibility index (Phi) is 7.61. The van der Waals surface area contributed by atoms with E-state index in [1.165, 1.54) is 24.3 Å². The molecule has 3 aromatic rings. The van der Waals surface area contributed by atoms with Gasteiger partial charge in [0.15, 0.2) is 0 Å². The smallest absolute Gasteiger partial charge is 0.419 e. The SMILES string of the molecule is [C-]#[N+]/C(C#N)=c1/cc(Oc2ccccc2C(F)(F)F)/c(=C(\C#N)[N+]#[C-])cc1Oc1ccccc1C(F)(F)F. The molecule has 0 unspecified atom stereocenters. The minimum absolute atomic E-state index is 0.440. The van der Waals surface area contributed by atoms with E-state index >= 15 is 0 Å². The van der Waals surface area contributed by atoms with E-state index in [-0.39, 0.29) is 0 Å². The lowest BCUT2D eigenvalue weighted by Gasteiger charge is -2.17. The molecule has 0 heterocycles. The largest absolute Gasteiger partial charge is 0.457 e. The molecule has 0 N–H and O–H groups in total. The maximum absolute atomic E-state index is 13.5. The fourth-order valence-electron chi connectivity index (χ4n) is 3.21. The first-order valence-electron chi connectivity index (χ1n) is 10.1. The van der Waals surface area contributed by atoms with Crippen LogP contribution in [0.5, 0.6) is 23.0 Å². The Balaban J connectivity index is 2.41. The molecule has 6 nitrogen and oxygen atoms in total. The van der Waals surface area contributed by atoms with Crippen LogP contribution >= 0.6 is 0 Å². The molecule has 3 rings (SSSR count). The van der Waals surface area contributed by atoms with Gasteiger partial charge in [-0.05, 0) is 36.4 Å². The van der Waals surface area contributed by atoms with E-state index in [1.807, 2.05) is 0 Å². The molecule has 0 aromatic heterocycles. The second-order valence-electron chi connectivity index (χ2n) is 7.18. The predicted octanol–water partition coefficient (Wildman–Crippen LogP) is 6.41. The van der Waals surface area contributed by atoms with E-state index in [4.69, 9.17) is 22.6 Å². The number of benzene rings is 3. The van der Waals surface area contributed by atoms with Crippen LogP contribution in [0.2, 0.25) is 0 Å². The monoisotopic (exact) mass is 524 g/mol. The first-order chi connectivity index (χ1) is 17.9. The van der Waals surface area contributed by atoms with Gasteiger partial charge in [0.05, 0.1) is 36.4 Å². The lowest BCUT2D eigenvalue weighted by Crippen LogP contribution is -2.19. The van der Waals surface area contributed by atoms with E-state index in [0.29, 0.717) is 0 Å². The van der Waals surface area contributed by atoms with E-state index in [0.717, 1.165) is 48.5 Å². The molecule has 0 bridgehead atoms. The molecule has 0 atom stereocenters. The number of alkyl halides is 6. The lowest BCUT2D eigenvalue weighted by atomic mass is 10.1. The van der Waals surface area contributed by atoms with Crippen LogP contribution < -0.4 is 19.9 Å². The summed E-state index contributed by atoms with van der Waals surface area (Å²) in [6.45, 7) is 14.5. The number of rotatable bonds is 4. The fraction of sp³-hybridized carbons (Fsp3) is 0.0769. The molecule has 0 aliphatic carbocycles. The summed E-state index contributed by atoms with van der Waals surface area (Å²) in [5.74, 6) is -2.55. The van der Waals surface area contributed by atoms with Gasteiger partial charge in [0.1, 0.15) is 23.0 Å². The van der Waals surface area contributed by atoms with Crippen LogP contribution in [0.3, 0.4) is 0 Å². The minimum atomic E-state index is -4.86. The van der Waals surface area contributed by atoms with Crippen LogP contribution in [0.25, 0.3) is 21.1 Å². The number of para-hydroxylation sites is 2. The van der Waals surface area contributed by atoms with Crippen molar-refractivity contribution in [3.05, 3.63) is 105 Å². The summed E-state index contributed by atoms with van der Waals surface area (Å²) >= 11 is 0. The van der Waals surface area contributed by atoms with Crippen molar-refractivity contribution in [1.82, 2.24) is 0 Å². The topological polar surface area (TPSA) is 74.8 Å². The molecule has 0 saturated carbocycles. The Hall–Kier alpha value is -5.46. The Morgan fingerprint density at radius 3 is 1.26 bits per heavy atom. The molecule has 0 aliphatic rings. The molecule has 0 aliphatic heterocycles. The summed E-state index contributed by atoms with van der Waals surface area (Å²) in [6, 6.07) is 12.8. The van der Waals surface area contributed by atoms with Crippen molar-refractivity contribution in [1.29, 1.82) is 10.5 Å². The molecule has 3 aromatic carbocycles. The van der Waals surface area contributed by atoms with Crippen molar-refractivity contribution < 1.29 is 35.8 Å². The van der Waals surface area contributed by atoms with Crippen molar-refractivity contribution in [2.24, 2.45) is 0 Å². The zero-order chi connectivity index (χ0) is 28.1. The van der Waals surface area contributed by atoms with Crippen LogP contribution in [0.1, 0.15) is 11.1 Å². The Morgan fingerprint density at radius 1 is 0.632 bits per heavy atom. The Bertz CT molecular complexity index is 1540. The minimum Gasteiger partial charge on any atom is -0.457 e. The molecular formula is C26H10F6N4O2. The fourth-order valence-corrected chi connectivity index (χ4v) is 3.21. The van der Waals surface area contributed by atoms with E-state index in [1.54, 1.807) is 0 Å². The van der Waals surface area contributed by atoms with E-state index in [9.17, 15) is 36.9 Å². The van der Waals surface area contributed by atoms with Crippen LogP contribution in [0, 0.1) is 35.8 Å². The van der Waals surface area contributed by atoms with Crippen LogP contribution in [0.4, 0.5) is 26.3 Å². The highest BCUT2D eigenvalue weighted by atomic mass is 19.4. The number of halogens is 6. The van der Waals surface area contributed by atoms with Gasteiger partial charge >= 0.3 is 12.4 Å². The average Bonchev–Trinajstić information content (AvgIpc) is 2.87. The maximum Gasteiger partial charge on any atom is 0.419 e. The first-order valence-corrected chi connectivity index (χ1v) is 10.1. The summed E-state index contributed by atoms with van der Waals surface area (Å²) < 4.78 is 91.9. The highest BCUT2D eigenvalue weighted by molar-refractivity contribution is 5.72. The van der Waals surface area contributed by atoms with Gasteiger partial charge in [0.25, 0.3) is 11.4 Å². The number of ether oxygens (including phenoxy) is 2. The van der Waals surface area contributed by atoms with Crippen molar-refractivity contribution >= 4 is 11.4 Å². The van der Waals surface area contributed by atoms with Crippen molar-refractivity contribution in [3.63, 3.8) is 0 Å². The molecule has 12 heteroatoms. The van der Waals surface area contributed by atoms with E-state index in [2.05, 4.69) is 9.69 Å². The van der Waals surface area contributed by atoms with Gasteiger partial charge in [-0.15, -0.1) is 0 Å². The number of hydrogen-bond donors (Lipinski definition) is 0. The molecule has 38 heavy (non-hydrogen) atoms. The first kappa shape index (κ1) is 27.1. The van der Waals surface area contributed by atoms with Crippen LogP contribution in [-0.2, 0) is 12.4 Å². The van der Waals surface area contributed by atoms with Crippen LogP contribution in [-0.4, -0.2) is 0 Å². The second kappa shape index (κ2) is 10.7. The zero-order valence-corrected chi connectivity index (χ0v) is 18.6. The summed E-state index contributed by atoms with van der Waals surface area (Å²) in [5, 5.41) is 18.0. The van der Waals surface area contributed by atoms with Gasteiger partial charge in [-0.1, -0.05) is 24.3 Å². The summed E-state index contributed by atoms with van der Waals surface area (Å²) in [4.78, 5) is 6.01. The summed E-state index contributed by atoms with van der Waals surface area (Å²) in [5.41, 5.74) is -3.82. The molecule has 0 spiro atoms. The summed E-state index contributed by atoms with van der Waals surface area (Å²) in [6.07, 6.45) is -9.71. The number of nitriles is 2. The normalized spacial score (nSPS) is 12.7. The highest BCUT2D eigenvalue weighted by Crippen LogP contribution is 2.39. The molecule has 0 amide bonds. The molecule has 0 saturated heterocycles. The maximum atomic E-state index is 13.5. The third-order valence-electron chi connectivity index (χ3n) is 4.85. The van der Waals surface area contributed by atoms with Gasteiger partial charge in [-0.25, -0.2) is 20.2 Å². The van der Waals surface area contributed by atoms with Gasteiger partial charge in [-0.2, -0.15) is 26.3 Å². The zero-order valence-electron chi connectivity index (χ0n) is 18.6. The molecule has 0 fully saturated rings. The summed E-state index contributed by atoms with van der Waals surface area (Å²) in [7, 11) is 0. The highest BCUT2D eigenvalue weighted by Gasteiger charge is 2.35. The quantitative estimate of drug-likeness (QED) is 0.292. The molecule has 0 radical (unpaired) electrons. The Morgan fingerprint density at radius 2 is 0.974 bits per heavy atom. The van der Waals surface area contributed by atoms with Gasteiger partial charge < -0.3 is 9.47 Å². The standard InChI is InChI=1S/C26H10F6N4O2/c1-35-19(13-33)15-11-24(38-22-10-6-4-8-18(22)26(30,31)32)16(20(14-34)36-2)12-23(15)37-21-9-5-3-7-17(21)25(27,28)29/h3-12H/b19-15-,20-16+. The van der Waals surface area contributed by atoms with Gasteiger partial charge in [0.2, 0.25) is 0 Å². The molecule has 188 valence electrons. The number of hydrogen-bond acceptors (Lipinski definition) is 4. The number of nitrogens with zero attached hydrogens (tertiary/aromatic N) is 4.